The van der Waals surface area contributed by atoms with Gasteiger partial charge in [-0.1, -0.05) is 36.4 Å². The Morgan fingerprint density at radius 3 is 2.47 bits per heavy atom. The van der Waals surface area contributed by atoms with Crippen molar-refractivity contribution in [3.63, 3.8) is 0 Å². The molecule has 0 bridgehead atoms. The second-order valence-corrected chi connectivity index (χ2v) is 9.63. The molecule has 0 aliphatic carbocycles. The Balaban J connectivity index is 1.58. The molecule has 0 saturated carbocycles. The fourth-order valence-corrected chi connectivity index (χ4v) is 5.25. The summed E-state index contributed by atoms with van der Waals surface area (Å²) in [5.41, 5.74) is 5.88. The van der Waals surface area contributed by atoms with E-state index in [0.29, 0.717) is 17.0 Å². The van der Waals surface area contributed by atoms with E-state index in [2.05, 4.69) is 4.98 Å². The number of nitrogens with zero attached hydrogens (tertiary/aromatic N) is 2. The highest BCUT2D eigenvalue weighted by atomic mass is 32.2. The molecule has 1 aliphatic rings. The van der Waals surface area contributed by atoms with Crippen LogP contribution in [0.1, 0.15) is 11.3 Å². The minimum Gasteiger partial charge on any atom is -0.480 e. The molecule has 3 aromatic rings. The van der Waals surface area contributed by atoms with Gasteiger partial charge in [0, 0.05) is 6.20 Å². The zero-order valence-corrected chi connectivity index (χ0v) is 18.0. The number of para-hydroxylation sites is 1. The Bertz CT molecular complexity index is 1200. The lowest BCUT2D eigenvalue weighted by Crippen LogP contribution is -2.64. The molecule has 3 N–H and O–H groups in total. The number of pyridine rings is 1. The van der Waals surface area contributed by atoms with E-state index in [-0.39, 0.29) is 24.4 Å². The van der Waals surface area contributed by atoms with Crippen molar-refractivity contribution in [1.29, 1.82) is 0 Å². The normalized spacial score (nSPS) is 16.7. The van der Waals surface area contributed by atoms with Crippen LogP contribution in [0.15, 0.2) is 83.9 Å². The van der Waals surface area contributed by atoms with E-state index in [1.54, 1.807) is 24.4 Å². The maximum atomic E-state index is 13.3. The summed E-state index contributed by atoms with van der Waals surface area (Å²) in [6.07, 6.45) is 1.69. The molecule has 2 aromatic carbocycles. The summed E-state index contributed by atoms with van der Waals surface area (Å²) < 4.78 is 34.1. The average molecular weight is 454 g/mol. The van der Waals surface area contributed by atoms with Crippen molar-refractivity contribution in [2.24, 2.45) is 5.73 Å². The summed E-state index contributed by atoms with van der Waals surface area (Å²) in [5, 5.41) is 9.02. The van der Waals surface area contributed by atoms with E-state index >= 15 is 0 Å². The fourth-order valence-electron chi connectivity index (χ4n) is 3.64. The van der Waals surface area contributed by atoms with Crippen LogP contribution in [0.5, 0.6) is 5.75 Å². The number of hydrogen-bond donors (Lipinski definition) is 2. The molecule has 166 valence electrons. The molecule has 0 unspecified atom stereocenters. The van der Waals surface area contributed by atoms with E-state index in [0.717, 1.165) is 0 Å². The van der Waals surface area contributed by atoms with Crippen LogP contribution < -0.4 is 10.5 Å². The van der Waals surface area contributed by atoms with Gasteiger partial charge in [-0.3, -0.25) is 9.78 Å². The van der Waals surface area contributed by atoms with Gasteiger partial charge in [-0.25, -0.2) is 8.42 Å². The molecular weight excluding hydrogens is 430 g/mol. The number of rotatable bonds is 8. The number of nitrogens with two attached hydrogens (primary N) is 1. The SMILES string of the molecule is N[C@@H](Cc1cccc(S(=O)(=O)N2CC(Oc3ccccc3)(c3ccccn3)C2)c1)C(=O)O. The predicted molar refractivity (Wildman–Crippen MR) is 118 cm³/mol. The van der Waals surface area contributed by atoms with Gasteiger partial charge in [0.1, 0.15) is 11.8 Å². The van der Waals surface area contributed by atoms with Crippen molar-refractivity contribution in [3.8, 4) is 5.75 Å². The molecule has 2 heterocycles. The number of sulfonamides is 1. The van der Waals surface area contributed by atoms with E-state index in [1.165, 1.54) is 16.4 Å². The number of aromatic nitrogens is 1. The summed E-state index contributed by atoms with van der Waals surface area (Å²) in [5.74, 6) is -0.515. The van der Waals surface area contributed by atoms with Gasteiger partial charge >= 0.3 is 5.97 Å². The van der Waals surface area contributed by atoms with Crippen LogP contribution in [0.4, 0.5) is 0 Å². The molecule has 32 heavy (non-hydrogen) atoms. The summed E-state index contributed by atoms with van der Waals surface area (Å²) in [7, 11) is -3.81. The minimum atomic E-state index is -3.81. The smallest absolute Gasteiger partial charge is 0.320 e. The number of hydrogen-bond acceptors (Lipinski definition) is 6. The van der Waals surface area contributed by atoms with Crippen LogP contribution in [0, 0.1) is 0 Å². The summed E-state index contributed by atoms with van der Waals surface area (Å²) in [6.45, 7) is 0.195. The maximum Gasteiger partial charge on any atom is 0.320 e. The van der Waals surface area contributed by atoms with Gasteiger partial charge in [0.15, 0.2) is 5.60 Å². The molecular formula is C23H23N3O5S. The molecule has 0 radical (unpaired) electrons. The molecule has 1 saturated heterocycles. The monoisotopic (exact) mass is 453 g/mol. The number of aliphatic carboxylic acids is 1. The highest BCUT2D eigenvalue weighted by molar-refractivity contribution is 7.89. The predicted octanol–water partition coefficient (Wildman–Crippen LogP) is 2.01. The number of benzene rings is 2. The summed E-state index contributed by atoms with van der Waals surface area (Å²) in [6, 6.07) is 19.8. The van der Waals surface area contributed by atoms with E-state index in [9.17, 15) is 13.2 Å². The lowest BCUT2D eigenvalue weighted by Gasteiger charge is -2.48. The van der Waals surface area contributed by atoms with Crippen molar-refractivity contribution in [2.75, 3.05) is 13.1 Å². The Labute approximate surface area is 186 Å². The van der Waals surface area contributed by atoms with Crippen LogP contribution in [0.3, 0.4) is 0 Å². The standard InChI is InChI=1S/C23H23N3O5S/c24-20(22(27)28)14-17-7-6-10-19(13-17)32(29,30)26-15-23(16-26,21-11-4-5-12-25-21)31-18-8-2-1-3-9-18/h1-13,20H,14-16,24H2,(H,27,28)/t20-/m0/s1. The average Bonchev–Trinajstić information content (AvgIpc) is 2.77. The third-order valence-electron chi connectivity index (χ3n) is 5.36. The second kappa shape index (κ2) is 8.70. The highest BCUT2D eigenvalue weighted by Crippen LogP contribution is 2.39. The molecule has 1 aromatic heterocycles. The minimum absolute atomic E-state index is 0.0354. The molecule has 9 heteroatoms. The van der Waals surface area contributed by atoms with E-state index < -0.39 is 27.6 Å². The molecule has 0 amide bonds. The lowest BCUT2D eigenvalue weighted by molar-refractivity contribution is -0.138. The number of carbonyl (C=O) groups is 1. The lowest BCUT2D eigenvalue weighted by atomic mass is 9.92. The van der Waals surface area contributed by atoms with E-state index in [1.807, 2.05) is 42.5 Å². The zero-order valence-electron chi connectivity index (χ0n) is 17.2. The van der Waals surface area contributed by atoms with Crippen molar-refractivity contribution >= 4 is 16.0 Å². The number of carboxylic acids is 1. The van der Waals surface area contributed by atoms with Gasteiger partial charge in [0.05, 0.1) is 23.7 Å². The molecule has 0 spiro atoms. The van der Waals surface area contributed by atoms with Crippen molar-refractivity contribution in [2.45, 2.75) is 23.0 Å². The first-order valence-electron chi connectivity index (χ1n) is 10.0. The van der Waals surface area contributed by atoms with Gasteiger partial charge < -0.3 is 15.6 Å². The largest absolute Gasteiger partial charge is 0.480 e. The zero-order chi connectivity index (χ0) is 22.8. The van der Waals surface area contributed by atoms with Gasteiger partial charge in [-0.05, 0) is 48.4 Å². The van der Waals surface area contributed by atoms with Crippen molar-refractivity contribution in [1.82, 2.24) is 9.29 Å². The summed E-state index contributed by atoms with van der Waals surface area (Å²) in [4.78, 5) is 15.5. The topological polar surface area (TPSA) is 123 Å². The van der Waals surface area contributed by atoms with Gasteiger partial charge in [-0.15, -0.1) is 0 Å². The summed E-state index contributed by atoms with van der Waals surface area (Å²) >= 11 is 0. The third-order valence-corrected chi connectivity index (χ3v) is 7.15. The second-order valence-electron chi connectivity index (χ2n) is 7.69. The van der Waals surface area contributed by atoms with Crippen LogP contribution in [-0.2, 0) is 26.8 Å². The Morgan fingerprint density at radius 1 is 1.09 bits per heavy atom. The van der Waals surface area contributed by atoms with Gasteiger partial charge in [-0.2, -0.15) is 4.31 Å². The maximum absolute atomic E-state index is 13.3. The molecule has 1 aliphatic heterocycles. The number of carboxylic acid groups (broad SMARTS) is 1. The van der Waals surface area contributed by atoms with Crippen LogP contribution >= 0.6 is 0 Å². The van der Waals surface area contributed by atoms with Crippen LogP contribution in [-0.4, -0.2) is 47.9 Å². The van der Waals surface area contributed by atoms with Crippen LogP contribution in [0.25, 0.3) is 0 Å². The van der Waals surface area contributed by atoms with Gasteiger partial charge in [0.2, 0.25) is 10.0 Å². The van der Waals surface area contributed by atoms with E-state index in [4.69, 9.17) is 15.6 Å². The van der Waals surface area contributed by atoms with Crippen molar-refractivity contribution < 1.29 is 23.1 Å². The third kappa shape index (κ3) is 4.36. The first kappa shape index (κ1) is 21.9. The molecule has 8 nitrogen and oxygen atoms in total. The van der Waals surface area contributed by atoms with Crippen molar-refractivity contribution in [3.05, 3.63) is 90.3 Å². The number of ether oxygens (including phenoxy) is 1. The van der Waals surface area contributed by atoms with Crippen LogP contribution in [0.2, 0.25) is 0 Å². The Morgan fingerprint density at radius 2 is 1.81 bits per heavy atom. The molecule has 1 atom stereocenters. The van der Waals surface area contributed by atoms with Gasteiger partial charge in [0.25, 0.3) is 0 Å². The molecule has 1 fully saturated rings. The first-order chi connectivity index (χ1) is 15.3. The first-order valence-corrected chi connectivity index (χ1v) is 11.5. The quantitative estimate of drug-likeness (QED) is 0.535. The molecule has 4 rings (SSSR count). The Kier molecular flexibility index (Phi) is 5.96. The fraction of sp³-hybridized carbons (Fsp3) is 0.217. The highest BCUT2D eigenvalue weighted by Gasteiger charge is 2.53. The Hall–Kier alpha value is -3.27.